The second-order valence-corrected chi connectivity index (χ2v) is 5.10. The van der Waals surface area contributed by atoms with E-state index in [4.69, 9.17) is 4.74 Å². The van der Waals surface area contributed by atoms with Crippen molar-refractivity contribution in [2.45, 2.75) is 39.7 Å². The van der Waals surface area contributed by atoms with E-state index in [0.29, 0.717) is 12.3 Å². The molecule has 0 aromatic heterocycles. The predicted octanol–water partition coefficient (Wildman–Crippen LogP) is 2.53. The van der Waals surface area contributed by atoms with Crippen molar-refractivity contribution in [2.24, 2.45) is 0 Å². The molecule has 4 nitrogen and oxygen atoms in total. The summed E-state index contributed by atoms with van der Waals surface area (Å²) in [4.78, 5) is 11.3. The Kier molecular flexibility index (Phi) is 5.36. The third-order valence-electron chi connectivity index (χ3n) is 3.24. The number of carboxylic acid groups (broad SMARTS) is 1. The van der Waals surface area contributed by atoms with Gasteiger partial charge >= 0.3 is 5.97 Å². The Hall–Kier alpha value is -1.55. The molecule has 0 heterocycles. The molecule has 1 aromatic carbocycles. The van der Waals surface area contributed by atoms with Gasteiger partial charge in [-0.15, -0.1) is 0 Å². The van der Waals surface area contributed by atoms with Crippen LogP contribution in [0.1, 0.15) is 31.4 Å². The van der Waals surface area contributed by atoms with Crippen LogP contribution in [0.4, 0.5) is 0 Å². The standard InChI is InChI=1S/C15H23NO3/c1-5-8-16-15(4,14(17)18)10-19-13-7-6-11(2)12(3)9-13/h6-7,9,16H,5,8,10H2,1-4H3,(H,17,18). The van der Waals surface area contributed by atoms with Crippen LogP contribution in [0, 0.1) is 13.8 Å². The number of ether oxygens (including phenoxy) is 1. The van der Waals surface area contributed by atoms with Crippen LogP contribution in [-0.4, -0.2) is 29.8 Å². The summed E-state index contributed by atoms with van der Waals surface area (Å²) in [6.45, 7) is 8.44. The van der Waals surface area contributed by atoms with Crippen molar-refractivity contribution in [1.82, 2.24) is 5.32 Å². The molecule has 1 atom stereocenters. The lowest BCUT2D eigenvalue weighted by Crippen LogP contribution is -2.54. The zero-order valence-electron chi connectivity index (χ0n) is 12.1. The molecule has 0 fully saturated rings. The van der Waals surface area contributed by atoms with Crippen LogP contribution in [0.3, 0.4) is 0 Å². The van der Waals surface area contributed by atoms with Gasteiger partial charge in [0.2, 0.25) is 0 Å². The molecular weight excluding hydrogens is 242 g/mol. The summed E-state index contributed by atoms with van der Waals surface area (Å²) in [5.74, 6) is -0.196. The summed E-state index contributed by atoms with van der Waals surface area (Å²) in [6, 6.07) is 5.77. The summed E-state index contributed by atoms with van der Waals surface area (Å²) in [7, 11) is 0. The maximum atomic E-state index is 11.3. The van der Waals surface area contributed by atoms with E-state index in [0.717, 1.165) is 12.0 Å². The molecule has 0 amide bonds. The van der Waals surface area contributed by atoms with Crippen molar-refractivity contribution in [1.29, 1.82) is 0 Å². The number of carboxylic acids is 1. The van der Waals surface area contributed by atoms with Crippen LogP contribution < -0.4 is 10.1 Å². The maximum absolute atomic E-state index is 11.3. The summed E-state index contributed by atoms with van der Waals surface area (Å²) in [5.41, 5.74) is 1.27. The number of hydrogen-bond acceptors (Lipinski definition) is 3. The average molecular weight is 265 g/mol. The number of rotatable bonds is 7. The van der Waals surface area contributed by atoms with E-state index < -0.39 is 11.5 Å². The first-order chi connectivity index (χ1) is 8.89. The Morgan fingerprint density at radius 2 is 2.05 bits per heavy atom. The highest BCUT2D eigenvalue weighted by Crippen LogP contribution is 2.18. The minimum Gasteiger partial charge on any atom is -0.491 e. The molecule has 0 aliphatic carbocycles. The molecule has 4 heteroatoms. The highest BCUT2D eigenvalue weighted by Gasteiger charge is 2.33. The van der Waals surface area contributed by atoms with Crippen LogP contribution in [0.25, 0.3) is 0 Å². The fraction of sp³-hybridized carbons (Fsp3) is 0.533. The van der Waals surface area contributed by atoms with Crippen molar-refractivity contribution in [3.63, 3.8) is 0 Å². The molecule has 0 spiro atoms. The number of aliphatic carboxylic acids is 1. The fourth-order valence-corrected chi connectivity index (χ4v) is 1.62. The van der Waals surface area contributed by atoms with E-state index in [2.05, 4.69) is 5.32 Å². The van der Waals surface area contributed by atoms with Crippen LogP contribution in [0.2, 0.25) is 0 Å². The molecule has 1 unspecified atom stereocenters. The highest BCUT2D eigenvalue weighted by molar-refractivity contribution is 5.78. The number of aryl methyl sites for hydroxylation is 2. The maximum Gasteiger partial charge on any atom is 0.327 e. The Bertz CT molecular complexity index is 445. The first-order valence-electron chi connectivity index (χ1n) is 6.57. The lowest BCUT2D eigenvalue weighted by Gasteiger charge is -2.26. The molecule has 0 radical (unpaired) electrons. The summed E-state index contributed by atoms with van der Waals surface area (Å²) in [6.07, 6.45) is 0.881. The van der Waals surface area contributed by atoms with Crippen molar-refractivity contribution < 1.29 is 14.6 Å². The Morgan fingerprint density at radius 3 is 2.58 bits per heavy atom. The number of hydrogen-bond donors (Lipinski definition) is 2. The normalized spacial score (nSPS) is 13.9. The monoisotopic (exact) mass is 265 g/mol. The van der Waals surface area contributed by atoms with Crippen LogP contribution in [0.5, 0.6) is 5.75 Å². The predicted molar refractivity (Wildman–Crippen MR) is 75.7 cm³/mol. The van der Waals surface area contributed by atoms with Crippen molar-refractivity contribution in [3.8, 4) is 5.75 Å². The molecule has 0 saturated heterocycles. The molecule has 1 rings (SSSR count). The van der Waals surface area contributed by atoms with Crippen LogP contribution >= 0.6 is 0 Å². The van der Waals surface area contributed by atoms with Gasteiger partial charge in [-0.1, -0.05) is 13.0 Å². The third-order valence-corrected chi connectivity index (χ3v) is 3.24. The van der Waals surface area contributed by atoms with Crippen molar-refractivity contribution in [2.75, 3.05) is 13.2 Å². The summed E-state index contributed by atoms with van der Waals surface area (Å²) < 4.78 is 5.62. The molecule has 1 aromatic rings. The molecule has 2 N–H and O–H groups in total. The number of carbonyl (C=O) groups is 1. The Balaban J connectivity index is 2.70. The molecule has 19 heavy (non-hydrogen) atoms. The van der Waals surface area contributed by atoms with E-state index in [-0.39, 0.29) is 6.61 Å². The quantitative estimate of drug-likeness (QED) is 0.795. The highest BCUT2D eigenvalue weighted by atomic mass is 16.5. The molecular formula is C15H23NO3. The molecule has 0 bridgehead atoms. The van der Waals surface area contributed by atoms with Crippen molar-refractivity contribution in [3.05, 3.63) is 29.3 Å². The first kappa shape index (κ1) is 15.5. The smallest absolute Gasteiger partial charge is 0.327 e. The van der Waals surface area contributed by atoms with Crippen LogP contribution in [-0.2, 0) is 4.79 Å². The minimum absolute atomic E-state index is 0.102. The molecule has 0 aliphatic heterocycles. The van der Waals surface area contributed by atoms with Gasteiger partial charge in [-0.25, -0.2) is 0 Å². The largest absolute Gasteiger partial charge is 0.491 e. The minimum atomic E-state index is -1.06. The van der Waals surface area contributed by atoms with Crippen LogP contribution in [0.15, 0.2) is 18.2 Å². The van der Waals surface area contributed by atoms with E-state index >= 15 is 0 Å². The van der Waals surface area contributed by atoms with Gasteiger partial charge in [0.25, 0.3) is 0 Å². The third kappa shape index (κ3) is 4.24. The van der Waals surface area contributed by atoms with E-state index in [9.17, 15) is 9.90 Å². The van der Waals surface area contributed by atoms with E-state index in [1.54, 1.807) is 6.92 Å². The molecule has 0 aliphatic rings. The molecule has 106 valence electrons. The summed E-state index contributed by atoms with van der Waals surface area (Å²) >= 11 is 0. The number of nitrogens with one attached hydrogen (secondary N) is 1. The van der Waals surface area contributed by atoms with Gasteiger partial charge in [0.1, 0.15) is 17.9 Å². The van der Waals surface area contributed by atoms with Gasteiger partial charge in [-0.3, -0.25) is 10.1 Å². The van der Waals surface area contributed by atoms with Gasteiger partial charge in [0.15, 0.2) is 0 Å². The topological polar surface area (TPSA) is 58.6 Å². The van der Waals surface area contributed by atoms with Gasteiger partial charge in [0, 0.05) is 0 Å². The lowest BCUT2D eigenvalue weighted by atomic mass is 10.0. The number of benzene rings is 1. The summed E-state index contributed by atoms with van der Waals surface area (Å²) in [5, 5.41) is 12.3. The Labute approximate surface area is 114 Å². The van der Waals surface area contributed by atoms with E-state index in [1.807, 2.05) is 39.0 Å². The molecule has 0 saturated carbocycles. The van der Waals surface area contributed by atoms with Gasteiger partial charge < -0.3 is 9.84 Å². The van der Waals surface area contributed by atoms with E-state index in [1.165, 1.54) is 5.56 Å². The average Bonchev–Trinajstić information content (AvgIpc) is 2.37. The second kappa shape index (κ2) is 6.57. The zero-order valence-corrected chi connectivity index (χ0v) is 12.1. The SMILES string of the molecule is CCCNC(C)(COc1ccc(C)c(C)c1)C(=O)O. The zero-order chi connectivity index (χ0) is 14.5. The fourth-order valence-electron chi connectivity index (χ4n) is 1.62. The van der Waals surface area contributed by atoms with Crippen molar-refractivity contribution >= 4 is 5.97 Å². The van der Waals surface area contributed by atoms with Gasteiger partial charge in [-0.05, 0) is 57.0 Å². The second-order valence-electron chi connectivity index (χ2n) is 5.10. The lowest BCUT2D eigenvalue weighted by molar-refractivity contribution is -0.145. The van der Waals surface area contributed by atoms with Gasteiger partial charge in [-0.2, -0.15) is 0 Å². The Morgan fingerprint density at radius 1 is 1.37 bits per heavy atom. The first-order valence-corrected chi connectivity index (χ1v) is 6.57. The van der Waals surface area contributed by atoms with Gasteiger partial charge in [0.05, 0.1) is 0 Å².